The van der Waals surface area contributed by atoms with Gasteiger partial charge in [-0.3, -0.25) is 30.1 Å². The van der Waals surface area contributed by atoms with Crippen molar-refractivity contribution in [3.8, 4) is 0 Å². The number of hydrogen-bond donors (Lipinski definition) is 2. The molecule has 1 aromatic rings. The number of carbonyl (C=O) groups is 3. The minimum atomic E-state index is -0.232. The molecule has 0 bridgehead atoms. The van der Waals surface area contributed by atoms with E-state index in [0.29, 0.717) is 6.54 Å². The average molecular weight is 445 g/mol. The lowest BCUT2D eigenvalue weighted by Gasteiger charge is -2.20. The summed E-state index contributed by atoms with van der Waals surface area (Å²) in [5.41, 5.74) is 7.42. The maximum absolute atomic E-state index is 13.4. The first-order chi connectivity index (χ1) is 15.4. The second-order valence-electron chi connectivity index (χ2n) is 9.36. The van der Waals surface area contributed by atoms with Crippen LogP contribution in [0, 0.1) is 17.7 Å². The van der Waals surface area contributed by atoms with Gasteiger partial charge in [0.15, 0.2) is 0 Å². The van der Waals surface area contributed by atoms with E-state index in [1.807, 2.05) is 6.07 Å². The van der Waals surface area contributed by atoms with Crippen molar-refractivity contribution in [1.29, 1.82) is 0 Å². The monoisotopic (exact) mass is 444 g/mol. The molecule has 4 rings (SSSR count). The van der Waals surface area contributed by atoms with Gasteiger partial charge >= 0.3 is 0 Å². The maximum Gasteiger partial charge on any atom is 0.233 e. The van der Waals surface area contributed by atoms with Gasteiger partial charge in [0, 0.05) is 38.6 Å². The molecule has 2 N–H and O–H groups in total. The molecule has 32 heavy (non-hydrogen) atoms. The molecular weight excluding hydrogens is 411 g/mol. The Hall–Kier alpha value is -2.32. The zero-order valence-electron chi connectivity index (χ0n) is 18.7. The molecule has 1 saturated carbocycles. The van der Waals surface area contributed by atoms with Gasteiger partial charge in [0.05, 0.1) is 11.8 Å². The smallest absolute Gasteiger partial charge is 0.233 e. The quantitative estimate of drug-likeness (QED) is 0.603. The SMILES string of the molecule is CN(CCCC1CC(c2cccc(F)c2)NN1)C(=O)CCN1C(=O)C2CCCCC2C1=O. The van der Waals surface area contributed by atoms with Crippen LogP contribution in [0.25, 0.3) is 0 Å². The normalized spacial score (nSPS) is 27.6. The summed E-state index contributed by atoms with van der Waals surface area (Å²) in [4.78, 5) is 40.6. The topological polar surface area (TPSA) is 81.8 Å². The third-order valence-electron chi connectivity index (χ3n) is 7.19. The molecule has 1 aromatic carbocycles. The molecule has 3 amide bonds. The Morgan fingerprint density at radius 2 is 1.88 bits per heavy atom. The lowest BCUT2D eigenvalue weighted by molar-refractivity contribution is -0.140. The molecule has 8 heteroatoms. The summed E-state index contributed by atoms with van der Waals surface area (Å²) < 4.78 is 13.4. The maximum atomic E-state index is 13.4. The fourth-order valence-electron chi connectivity index (χ4n) is 5.30. The number of carbonyl (C=O) groups excluding carboxylic acids is 3. The van der Waals surface area contributed by atoms with Gasteiger partial charge in [-0.25, -0.2) is 4.39 Å². The van der Waals surface area contributed by atoms with Crippen LogP contribution in [-0.2, 0) is 14.4 Å². The molecule has 2 heterocycles. The largest absolute Gasteiger partial charge is 0.346 e. The number of likely N-dealkylation sites (tertiary alicyclic amines) is 1. The van der Waals surface area contributed by atoms with E-state index in [4.69, 9.17) is 0 Å². The predicted molar refractivity (Wildman–Crippen MR) is 117 cm³/mol. The van der Waals surface area contributed by atoms with Crippen LogP contribution >= 0.6 is 0 Å². The predicted octanol–water partition coefficient (Wildman–Crippen LogP) is 2.54. The van der Waals surface area contributed by atoms with Crippen LogP contribution in [0.15, 0.2) is 24.3 Å². The summed E-state index contributed by atoms with van der Waals surface area (Å²) >= 11 is 0. The zero-order valence-corrected chi connectivity index (χ0v) is 18.7. The van der Waals surface area contributed by atoms with Gasteiger partial charge in [-0.05, 0) is 49.8 Å². The molecule has 0 radical (unpaired) electrons. The molecule has 0 spiro atoms. The Labute approximate surface area is 188 Å². The van der Waals surface area contributed by atoms with Crippen LogP contribution in [0.2, 0.25) is 0 Å². The highest BCUT2D eigenvalue weighted by atomic mass is 19.1. The van der Waals surface area contributed by atoms with E-state index in [-0.39, 0.29) is 60.4 Å². The van der Waals surface area contributed by atoms with Crippen molar-refractivity contribution in [1.82, 2.24) is 20.7 Å². The standard InChI is InChI=1S/C24H33FN4O3/c1-28(12-5-8-18-15-21(27-26-18)16-6-4-7-17(25)14-16)22(30)11-13-29-23(31)19-9-2-3-10-20(19)24(29)32/h4,6-7,14,18-21,26-27H,2-3,5,8-13,15H2,1H3. The van der Waals surface area contributed by atoms with Gasteiger partial charge in [0.1, 0.15) is 5.82 Å². The number of nitrogens with one attached hydrogen (secondary N) is 2. The minimum Gasteiger partial charge on any atom is -0.346 e. The third kappa shape index (κ3) is 5.02. The molecule has 2 aliphatic heterocycles. The Morgan fingerprint density at radius 3 is 2.56 bits per heavy atom. The number of imide groups is 1. The van der Waals surface area contributed by atoms with Crippen molar-refractivity contribution >= 4 is 17.7 Å². The summed E-state index contributed by atoms with van der Waals surface area (Å²) in [6, 6.07) is 6.97. The average Bonchev–Trinajstić information content (AvgIpc) is 3.36. The van der Waals surface area contributed by atoms with E-state index < -0.39 is 0 Å². The summed E-state index contributed by atoms with van der Waals surface area (Å²) in [5, 5.41) is 0. The van der Waals surface area contributed by atoms with E-state index in [0.717, 1.165) is 50.5 Å². The number of halogens is 1. The van der Waals surface area contributed by atoms with Gasteiger partial charge in [-0.15, -0.1) is 0 Å². The van der Waals surface area contributed by atoms with Crippen LogP contribution in [0.1, 0.15) is 63.0 Å². The Balaban J connectivity index is 1.16. The van der Waals surface area contributed by atoms with Crippen molar-refractivity contribution in [2.24, 2.45) is 11.8 Å². The van der Waals surface area contributed by atoms with Crippen molar-refractivity contribution in [3.63, 3.8) is 0 Å². The summed E-state index contributed by atoms with van der Waals surface area (Å²) in [7, 11) is 1.77. The molecule has 3 aliphatic rings. The van der Waals surface area contributed by atoms with E-state index in [9.17, 15) is 18.8 Å². The lowest BCUT2D eigenvalue weighted by Crippen LogP contribution is -2.36. The van der Waals surface area contributed by atoms with Crippen molar-refractivity contribution < 1.29 is 18.8 Å². The fraction of sp³-hybridized carbons (Fsp3) is 0.625. The van der Waals surface area contributed by atoms with Crippen LogP contribution < -0.4 is 10.9 Å². The highest BCUT2D eigenvalue weighted by Gasteiger charge is 2.47. The van der Waals surface area contributed by atoms with Crippen LogP contribution in [0.4, 0.5) is 4.39 Å². The molecule has 3 fully saturated rings. The molecule has 4 atom stereocenters. The van der Waals surface area contributed by atoms with Gasteiger partial charge in [-0.1, -0.05) is 25.0 Å². The number of benzene rings is 1. The van der Waals surface area contributed by atoms with Crippen molar-refractivity contribution in [2.45, 2.75) is 63.5 Å². The van der Waals surface area contributed by atoms with Gasteiger partial charge in [-0.2, -0.15) is 0 Å². The number of rotatable bonds is 8. The molecular formula is C24H33FN4O3. The van der Waals surface area contributed by atoms with E-state index in [2.05, 4.69) is 10.9 Å². The van der Waals surface area contributed by atoms with Crippen LogP contribution in [0.3, 0.4) is 0 Å². The number of fused-ring (bicyclic) bond motifs is 1. The number of nitrogens with zero attached hydrogens (tertiary/aromatic N) is 2. The Bertz CT molecular complexity index is 839. The number of amides is 3. The van der Waals surface area contributed by atoms with Gasteiger partial charge < -0.3 is 4.90 Å². The first-order valence-electron chi connectivity index (χ1n) is 11.8. The van der Waals surface area contributed by atoms with Crippen molar-refractivity contribution in [2.75, 3.05) is 20.1 Å². The first-order valence-corrected chi connectivity index (χ1v) is 11.8. The van der Waals surface area contributed by atoms with Gasteiger partial charge in [0.25, 0.3) is 0 Å². The summed E-state index contributed by atoms with van der Waals surface area (Å²) in [6.07, 6.45) is 6.37. The molecule has 7 nitrogen and oxygen atoms in total. The molecule has 4 unspecified atom stereocenters. The summed E-state index contributed by atoms with van der Waals surface area (Å²) in [6.45, 7) is 0.812. The third-order valence-corrected chi connectivity index (χ3v) is 7.19. The van der Waals surface area contributed by atoms with E-state index >= 15 is 0 Å². The zero-order chi connectivity index (χ0) is 22.7. The molecule has 2 saturated heterocycles. The Morgan fingerprint density at radius 1 is 1.16 bits per heavy atom. The lowest BCUT2D eigenvalue weighted by atomic mass is 9.81. The second-order valence-corrected chi connectivity index (χ2v) is 9.36. The Kier molecular flexibility index (Phi) is 7.20. The molecule has 1 aliphatic carbocycles. The van der Waals surface area contributed by atoms with Crippen LogP contribution in [0.5, 0.6) is 0 Å². The first kappa shape index (κ1) is 22.9. The number of hydrogen-bond acceptors (Lipinski definition) is 5. The second kappa shape index (κ2) is 10.1. The van der Waals surface area contributed by atoms with E-state index in [1.165, 1.54) is 11.0 Å². The highest BCUT2D eigenvalue weighted by molar-refractivity contribution is 6.05. The van der Waals surface area contributed by atoms with E-state index in [1.54, 1.807) is 24.1 Å². The van der Waals surface area contributed by atoms with Crippen LogP contribution in [-0.4, -0.2) is 53.7 Å². The molecule has 174 valence electrons. The molecule has 0 aromatic heterocycles. The van der Waals surface area contributed by atoms with Gasteiger partial charge in [0.2, 0.25) is 17.7 Å². The minimum absolute atomic E-state index is 0.0457. The number of hydrazine groups is 1. The van der Waals surface area contributed by atoms with Crippen molar-refractivity contribution in [3.05, 3.63) is 35.6 Å². The fourth-order valence-corrected chi connectivity index (χ4v) is 5.30. The highest BCUT2D eigenvalue weighted by Crippen LogP contribution is 2.38. The summed E-state index contributed by atoms with van der Waals surface area (Å²) in [5.74, 6) is -0.758.